The van der Waals surface area contributed by atoms with E-state index in [0.29, 0.717) is 24.6 Å². The second kappa shape index (κ2) is 9.50. The molecule has 0 bridgehead atoms. The summed E-state index contributed by atoms with van der Waals surface area (Å²) in [4.78, 5) is 19.1. The van der Waals surface area contributed by atoms with Gasteiger partial charge in [-0.2, -0.15) is 0 Å². The van der Waals surface area contributed by atoms with Crippen molar-refractivity contribution in [1.82, 2.24) is 20.0 Å². The van der Waals surface area contributed by atoms with Gasteiger partial charge in [0, 0.05) is 38.4 Å². The zero-order valence-corrected chi connectivity index (χ0v) is 17.1. The normalized spacial score (nSPS) is 14.4. The van der Waals surface area contributed by atoms with Crippen molar-refractivity contribution in [2.24, 2.45) is 0 Å². The minimum atomic E-state index is -0.0458. The molecule has 28 heavy (non-hydrogen) atoms. The molecule has 1 aliphatic heterocycles. The molecular weight excluding hydrogens is 352 g/mol. The van der Waals surface area contributed by atoms with Crippen LogP contribution in [0.5, 0.6) is 0 Å². The van der Waals surface area contributed by atoms with Crippen LogP contribution >= 0.6 is 0 Å². The number of aryl methyl sites for hydroxylation is 1. The Balaban J connectivity index is 1.49. The summed E-state index contributed by atoms with van der Waals surface area (Å²) in [5, 5.41) is 11.5. The van der Waals surface area contributed by atoms with Crippen LogP contribution in [0, 0.1) is 6.92 Å². The Kier molecular flexibility index (Phi) is 6.81. The van der Waals surface area contributed by atoms with E-state index in [4.69, 9.17) is 0 Å². The number of benzene rings is 1. The highest BCUT2D eigenvalue weighted by Gasteiger charge is 2.23. The summed E-state index contributed by atoms with van der Waals surface area (Å²) in [7, 11) is 4.11. The van der Waals surface area contributed by atoms with Gasteiger partial charge >= 0.3 is 0 Å². The third kappa shape index (κ3) is 5.42. The molecule has 0 atom stereocenters. The summed E-state index contributed by atoms with van der Waals surface area (Å²) in [6, 6.07) is 12.1. The van der Waals surface area contributed by atoms with Gasteiger partial charge in [-0.05, 0) is 63.8 Å². The maximum absolute atomic E-state index is 12.7. The fourth-order valence-corrected chi connectivity index (χ4v) is 3.31. The number of rotatable bonds is 7. The largest absolute Gasteiger partial charge is 0.369 e. The Labute approximate surface area is 167 Å². The van der Waals surface area contributed by atoms with Gasteiger partial charge in [0.1, 0.15) is 5.82 Å². The summed E-state index contributed by atoms with van der Waals surface area (Å²) < 4.78 is 0. The molecule has 1 aliphatic rings. The molecule has 1 fully saturated rings. The van der Waals surface area contributed by atoms with E-state index >= 15 is 0 Å². The lowest BCUT2D eigenvalue weighted by atomic mass is 10.2. The molecule has 1 aromatic heterocycles. The number of hydrogen-bond donors (Lipinski definition) is 1. The molecule has 7 nitrogen and oxygen atoms in total. The van der Waals surface area contributed by atoms with Gasteiger partial charge in [-0.1, -0.05) is 12.1 Å². The van der Waals surface area contributed by atoms with Gasteiger partial charge in [0.2, 0.25) is 0 Å². The van der Waals surface area contributed by atoms with Crippen molar-refractivity contribution in [2.75, 3.05) is 63.6 Å². The van der Waals surface area contributed by atoms with E-state index in [1.807, 2.05) is 11.0 Å². The molecule has 1 N–H and O–H groups in total. The Morgan fingerprint density at radius 2 is 1.89 bits per heavy atom. The van der Waals surface area contributed by atoms with Crippen LogP contribution in [-0.2, 0) is 0 Å². The standard InChI is InChI=1S/C21H30N6O/c1-17-6-4-7-18(16-17)26-12-14-27(15-13-26)21(28)19-8-9-20(24-23-19)22-10-5-11-25(2)3/h4,6-9,16H,5,10-15H2,1-3H3,(H,22,24). The molecular formula is C21H30N6O. The Morgan fingerprint density at radius 1 is 1.11 bits per heavy atom. The summed E-state index contributed by atoms with van der Waals surface area (Å²) >= 11 is 0. The molecule has 7 heteroatoms. The maximum atomic E-state index is 12.7. The molecule has 0 aliphatic carbocycles. The molecule has 1 aromatic carbocycles. The molecule has 0 unspecified atom stereocenters. The van der Waals surface area contributed by atoms with Gasteiger partial charge < -0.3 is 20.0 Å². The first-order valence-electron chi connectivity index (χ1n) is 9.86. The second-order valence-electron chi connectivity index (χ2n) is 7.51. The number of aromatic nitrogens is 2. The number of hydrogen-bond acceptors (Lipinski definition) is 6. The third-order valence-corrected chi connectivity index (χ3v) is 4.91. The van der Waals surface area contributed by atoms with Gasteiger partial charge in [-0.15, -0.1) is 10.2 Å². The summed E-state index contributed by atoms with van der Waals surface area (Å²) in [5.74, 6) is 0.662. The van der Waals surface area contributed by atoms with E-state index in [1.54, 1.807) is 6.07 Å². The molecule has 0 spiro atoms. The minimum Gasteiger partial charge on any atom is -0.369 e. The smallest absolute Gasteiger partial charge is 0.274 e. The predicted octanol–water partition coefficient (Wildman–Crippen LogP) is 2.11. The van der Waals surface area contributed by atoms with Crippen molar-refractivity contribution < 1.29 is 4.79 Å². The average Bonchev–Trinajstić information content (AvgIpc) is 2.71. The van der Waals surface area contributed by atoms with Gasteiger partial charge in [-0.25, -0.2) is 0 Å². The topological polar surface area (TPSA) is 64.6 Å². The maximum Gasteiger partial charge on any atom is 0.274 e. The molecule has 1 saturated heterocycles. The highest BCUT2D eigenvalue weighted by molar-refractivity contribution is 5.92. The minimum absolute atomic E-state index is 0.0458. The Hall–Kier alpha value is -2.67. The van der Waals surface area contributed by atoms with Crippen LogP contribution in [0.1, 0.15) is 22.5 Å². The van der Waals surface area contributed by atoms with Gasteiger partial charge in [-0.3, -0.25) is 4.79 Å². The lowest BCUT2D eigenvalue weighted by Crippen LogP contribution is -2.49. The van der Waals surface area contributed by atoms with Crippen LogP contribution in [0.4, 0.5) is 11.5 Å². The number of nitrogens with one attached hydrogen (secondary N) is 1. The molecule has 0 radical (unpaired) electrons. The zero-order valence-electron chi connectivity index (χ0n) is 17.1. The average molecular weight is 383 g/mol. The van der Waals surface area contributed by atoms with Gasteiger partial charge in [0.05, 0.1) is 0 Å². The number of amides is 1. The quantitative estimate of drug-likeness (QED) is 0.740. The third-order valence-electron chi connectivity index (χ3n) is 4.91. The molecule has 3 rings (SSSR count). The predicted molar refractivity (Wildman–Crippen MR) is 113 cm³/mol. The first-order chi connectivity index (χ1) is 13.5. The van der Waals surface area contributed by atoms with Crippen molar-refractivity contribution in [1.29, 1.82) is 0 Å². The monoisotopic (exact) mass is 382 g/mol. The number of nitrogens with zero attached hydrogens (tertiary/aromatic N) is 5. The van der Waals surface area contributed by atoms with Crippen molar-refractivity contribution in [3.05, 3.63) is 47.7 Å². The van der Waals surface area contributed by atoms with Crippen LogP contribution in [0.15, 0.2) is 36.4 Å². The Bertz CT molecular complexity index is 769. The molecule has 2 heterocycles. The van der Waals surface area contributed by atoms with Gasteiger partial charge in [0.15, 0.2) is 5.69 Å². The van der Waals surface area contributed by atoms with E-state index in [-0.39, 0.29) is 5.91 Å². The fourth-order valence-electron chi connectivity index (χ4n) is 3.31. The first kappa shape index (κ1) is 20.1. The van der Waals surface area contributed by atoms with Crippen LogP contribution in [0.3, 0.4) is 0 Å². The number of carbonyl (C=O) groups is 1. The zero-order chi connectivity index (χ0) is 19.9. The summed E-state index contributed by atoms with van der Waals surface area (Å²) in [5.41, 5.74) is 2.88. The van der Waals surface area contributed by atoms with Crippen LogP contribution < -0.4 is 10.2 Å². The molecule has 150 valence electrons. The van der Waals surface area contributed by atoms with E-state index in [9.17, 15) is 4.79 Å². The van der Waals surface area contributed by atoms with Gasteiger partial charge in [0.25, 0.3) is 5.91 Å². The fraction of sp³-hybridized carbons (Fsp3) is 0.476. The number of piperazine rings is 1. The van der Waals surface area contributed by atoms with E-state index in [1.165, 1.54) is 11.3 Å². The second-order valence-corrected chi connectivity index (χ2v) is 7.51. The highest BCUT2D eigenvalue weighted by Crippen LogP contribution is 2.18. The van der Waals surface area contributed by atoms with Crippen molar-refractivity contribution in [3.8, 4) is 0 Å². The van der Waals surface area contributed by atoms with Crippen molar-refractivity contribution in [3.63, 3.8) is 0 Å². The lowest BCUT2D eigenvalue weighted by Gasteiger charge is -2.36. The van der Waals surface area contributed by atoms with Crippen LogP contribution in [0.25, 0.3) is 0 Å². The van der Waals surface area contributed by atoms with Crippen LogP contribution in [-0.4, -0.2) is 79.3 Å². The van der Waals surface area contributed by atoms with Crippen molar-refractivity contribution >= 4 is 17.4 Å². The van der Waals surface area contributed by atoms with E-state index in [0.717, 1.165) is 32.6 Å². The summed E-state index contributed by atoms with van der Waals surface area (Å²) in [6.45, 7) is 7.00. The summed E-state index contributed by atoms with van der Waals surface area (Å²) in [6.07, 6.45) is 1.03. The van der Waals surface area contributed by atoms with E-state index in [2.05, 4.69) is 70.6 Å². The molecule has 1 amide bonds. The molecule has 2 aromatic rings. The highest BCUT2D eigenvalue weighted by atomic mass is 16.2. The lowest BCUT2D eigenvalue weighted by molar-refractivity contribution is 0.0739. The number of anilines is 2. The first-order valence-corrected chi connectivity index (χ1v) is 9.86. The molecule has 0 saturated carbocycles. The van der Waals surface area contributed by atoms with E-state index < -0.39 is 0 Å². The van der Waals surface area contributed by atoms with Crippen molar-refractivity contribution in [2.45, 2.75) is 13.3 Å². The Morgan fingerprint density at radius 3 is 2.54 bits per heavy atom. The van der Waals surface area contributed by atoms with Crippen LogP contribution in [0.2, 0.25) is 0 Å². The SMILES string of the molecule is Cc1cccc(N2CCN(C(=O)c3ccc(NCCCN(C)C)nn3)CC2)c1. The number of carbonyl (C=O) groups excluding carboxylic acids is 1.